The van der Waals surface area contributed by atoms with Crippen LogP contribution in [0.25, 0.3) is 6.08 Å². The first kappa shape index (κ1) is 30.0. The highest BCUT2D eigenvalue weighted by Crippen LogP contribution is 2.35. The maximum atomic E-state index is 12.7. The van der Waals surface area contributed by atoms with Crippen molar-refractivity contribution in [2.24, 2.45) is 5.92 Å². The van der Waals surface area contributed by atoms with Crippen molar-refractivity contribution in [1.29, 1.82) is 5.26 Å². The van der Waals surface area contributed by atoms with Crippen molar-refractivity contribution < 1.29 is 24.3 Å². The average Bonchev–Trinajstić information content (AvgIpc) is 2.95. The molecule has 3 rings (SSSR count). The third-order valence-electron chi connectivity index (χ3n) is 6.24. The summed E-state index contributed by atoms with van der Waals surface area (Å²) in [6.07, 6.45) is 5.63. The standard InChI is InChI=1S/C27H26Cl2N4O5S/c1-39-21-8-6-17(23(28)24(21)29)7-9-22(34)33-12-10-19(11-13-33)26(36)32-20(27(37)38)15-31-25(35)18-4-2-16(14-30)3-5-18/h2-9,19-20H,10-13,15H2,1H3,(H,31,35)(H,32,36)(H,37,38)/t20-/m0/s1. The number of carbonyl (C=O) groups is 4. The van der Waals surface area contributed by atoms with Gasteiger partial charge in [0.15, 0.2) is 0 Å². The lowest BCUT2D eigenvalue weighted by Crippen LogP contribution is -2.51. The van der Waals surface area contributed by atoms with Gasteiger partial charge in [-0.25, -0.2) is 4.79 Å². The molecule has 204 valence electrons. The number of hydrogen-bond acceptors (Lipinski definition) is 6. The van der Waals surface area contributed by atoms with Crippen molar-refractivity contribution in [3.63, 3.8) is 0 Å². The lowest BCUT2D eigenvalue weighted by atomic mass is 9.95. The summed E-state index contributed by atoms with van der Waals surface area (Å²) in [7, 11) is 0. The molecule has 1 atom stereocenters. The molecule has 39 heavy (non-hydrogen) atoms. The van der Waals surface area contributed by atoms with Gasteiger partial charge in [-0.3, -0.25) is 14.4 Å². The highest BCUT2D eigenvalue weighted by atomic mass is 35.5. The van der Waals surface area contributed by atoms with Gasteiger partial charge in [-0.15, -0.1) is 11.8 Å². The van der Waals surface area contributed by atoms with Crippen LogP contribution < -0.4 is 10.6 Å². The summed E-state index contributed by atoms with van der Waals surface area (Å²) in [5, 5.41) is 24.1. The molecule has 9 nitrogen and oxygen atoms in total. The van der Waals surface area contributed by atoms with Crippen LogP contribution in [0.3, 0.4) is 0 Å². The van der Waals surface area contributed by atoms with Crippen LogP contribution in [-0.2, 0) is 14.4 Å². The molecule has 1 fully saturated rings. The summed E-state index contributed by atoms with van der Waals surface area (Å²) < 4.78 is 0. The molecule has 1 aliphatic heterocycles. The largest absolute Gasteiger partial charge is 0.480 e. The van der Waals surface area contributed by atoms with E-state index in [4.69, 9.17) is 28.5 Å². The summed E-state index contributed by atoms with van der Waals surface area (Å²) in [5.74, 6) is -2.97. The van der Waals surface area contributed by atoms with Crippen molar-refractivity contribution in [3.05, 3.63) is 69.2 Å². The van der Waals surface area contributed by atoms with E-state index in [2.05, 4.69) is 10.6 Å². The molecule has 1 saturated heterocycles. The molecule has 0 bridgehead atoms. The Balaban J connectivity index is 1.50. The summed E-state index contributed by atoms with van der Waals surface area (Å²) in [6.45, 7) is 0.342. The summed E-state index contributed by atoms with van der Waals surface area (Å²) in [4.78, 5) is 51.8. The molecule has 0 spiro atoms. The van der Waals surface area contributed by atoms with Crippen molar-refractivity contribution in [2.75, 3.05) is 25.9 Å². The molecule has 0 saturated carbocycles. The highest BCUT2D eigenvalue weighted by molar-refractivity contribution is 7.98. The van der Waals surface area contributed by atoms with Crippen LogP contribution in [0, 0.1) is 17.2 Å². The predicted molar refractivity (Wildman–Crippen MR) is 150 cm³/mol. The molecule has 1 heterocycles. The Hall–Kier alpha value is -3.52. The molecular weight excluding hydrogens is 563 g/mol. The normalized spacial score (nSPS) is 14.5. The second kappa shape index (κ2) is 14.0. The third kappa shape index (κ3) is 7.99. The fourth-order valence-electron chi connectivity index (χ4n) is 3.94. The van der Waals surface area contributed by atoms with E-state index in [0.717, 1.165) is 4.90 Å². The van der Waals surface area contributed by atoms with E-state index in [-0.39, 0.29) is 18.0 Å². The fraction of sp³-hybridized carbons (Fsp3) is 0.296. The summed E-state index contributed by atoms with van der Waals surface area (Å²) in [6, 6.07) is 10.1. The molecule has 2 aromatic carbocycles. The number of carbonyl (C=O) groups excluding carboxylic acids is 3. The first-order chi connectivity index (χ1) is 18.6. The minimum atomic E-state index is -1.32. The molecule has 0 aliphatic carbocycles. The van der Waals surface area contributed by atoms with Crippen LogP contribution in [0.5, 0.6) is 0 Å². The SMILES string of the molecule is CSc1ccc(C=CC(=O)N2CCC(C(=O)N[C@@H](CNC(=O)c3ccc(C#N)cc3)C(=O)O)CC2)c(Cl)c1Cl. The number of carboxylic acid groups (broad SMARTS) is 1. The zero-order valence-corrected chi connectivity index (χ0v) is 23.3. The number of carboxylic acids is 1. The van der Waals surface area contributed by atoms with Crippen molar-refractivity contribution in [2.45, 2.75) is 23.8 Å². The molecule has 12 heteroatoms. The summed E-state index contributed by atoms with van der Waals surface area (Å²) >= 11 is 14.0. The van der Waals surface area contributed by atoms with Gasteiger partial charge in [0.25, 0.3) is 5.91 Å². The van der Waals surface area contributed by atoms with Gasteiger partial charge in [0.2, 0.25) is 11.8 Å². The Labute approximate surface area is 240 Å². The van der Waals surface area contributed by atoms with Gasteiger partial charge in [-0.2, -0.15) is 5.26 Å². The van der Waals surface area contributed by atoms with Crippen LogP contribution in [0.4, 0.5) is 0 Å². The molecule has 0 aromatic heterocycles. The number of aliphatic carboxylic acids is 1. The van der Waals surface area contributed by atoms with E-state index in [0.29, 0.717) is 47.1 Å². The number of likely N-dealkylation sites (tertiary alicyclic amines) is 1. The fourth-order valence-corrected chi connectivity index (χ4v) is 5.12. The number of rotatable bonds is 9. The number of nitriles is 1. The molecule has 2 aromatic rings. The van der Waals surface area contributed by atoms with Gasteiger partial charge >= 0.3 is 5.97 Å². The number of nitrogens with one attached hydrogen (secondary N) is 2. The van der Waals surface area contributed by atoms with Crippen LogP contribution >= 0.6 is 35.0 Å². The van der Waals surface area contributed by atoms with Crippen molar-refractivity contribution in [3.8, 4) is 6.07 Å². The minimum absolute atomic E-state index is 0.232. The molecule has 3 N–H and O–H groups in total. The molecule has 0 radical (unpaired) electrons. The smallest absolute Gasteiger partial charge is 0.328 e. The maximum absolute atomic E-state index is 12.7. The van der Waals surface area contributed by atoms with E-state index < -0.39 is 29.7 Å². The number of amides is 3. The zero-order valence-electron chi connectivity index (χ0n) is 20.9. The van der Waals surface area contributed by atoms with Crippen LogP contribution in [-0.4, -0.2) is 65.6 Å². The lowest BCUT2D eigenvalue weighted by molar-refractivity contribution is -0.142. The van der Waals surface area contributed by atoms with Gasteiger partial charge in [-0.1, -0.05) is 29.3 Å². The Morgan fingerprint density at radius 3 is 2.38 bits per heavy atom. The van der Waals surface area contributed by atoms with Crippen LogP contribution in [0.1, 0.15) is 34.3 Å². The maximum Gasteiger partial charge on any atom is 0.328 e. The second-order valence-electron chi connectivity index (χ2n) is 8.72. The van der Waals surface area contributed by atoms with Gasteiger partial charge in [0, 0.05) is 42.1 Å². The lowest BCUT2D eigenvalue weighted by Gasteiger charge is -2.31. The zero-order chi connectivity index (χ0) is 28.5. The Kier molecular flexibility index (Phi) is 10.8. The average molecular weight is 590 g/mol. The molecule has 0 unspecified atom stereocenters. The third-order valence-corrected chi connectivity index (χ3v) is 8.03. The monoisotopic (exact) mass is 588 g/mol. The molecule has 3 amide bonds. The number of nitrogens with zero attached hydrogens (tertiary/aromatic N) is 2. The van der Waals surface area contributed by atoms with E-state index in [1.54, 1.807) is 17.0 Å². The first-order valence-electron chi connectivity index (χ1n) is 11.9. The number of halogens is 2. The quantitative estimate of drug-likeness (QED) is 0.298. The first-order valence-corrected chi connectivity index (χ1v) is 13.9. The predicted octanol–water partition coefficient (Wildman–Crippen LogP) is 3.84. The second-order valence-corrected chi connectivity index (χ2v) is 10.3. The van der Waals surface area contributed by atoms with E-state index in [9.17, 15) is 24.3 Å². The number of hydrogen-bond donors (Lipinski definition) is 3. The van der Waals surface area contributed by atoms with Gasteiger partial charge in [0.1, 0.15) is 6.04 Å². The van der Waals surface area contributed by atoms with Crippen molar-refractivity contribution in [1.82, 2.24) is 15.5 Å². The topological polar surface area (TPSA) is 140 Å². The molecular formula is C27H26Cl2N4O5S. The number of benzene rings is 2. The van der Waals surface area contributed by atoms with Gasteiger partial charge in [-0.05, 0) is 61.1 Å². The van der Waals surface area contributed by atoms with Crippen LogP contribution in [0.15, 0.2) is 47.4 Å². The number of piperidine rings is 1. The Bertz CT molecular complexity index is 1320. The van der Waals surface area contributed by atoms with Gasteiger partial charge in [0.05, 0.1) is 21.7 Å². The number of thioether (sulfide) groups is 1. The summed E-state index contributed by atoms with van der Waals surface area (Å²) in [5.41, 5.74) is 1.27. The Morgan fingerprint density at radius 2 is 1.79 bits per heavy atom. The van der Waals surface area contributed by atoms with Crippen molar-refractivity contribution >= 4 is 64.7 Å². The van der Waals surface area contributed by atoms with E-state index in [1.807, 2.05) is 18.4 Å². The Morgan fingerprint density at radius 1 is 1.13 bits per heavy atom. The van der Waals surface area contributed by atoms with Crippen LogP contribution in [0.2, 0.25) is 10.0 Å². The highest BCUT2D eigenvalue weighted by Gasteiger charge is 2.30. The minimum Gasteiger partial charge on any atom is -0.480 e. The molecule has 1 aliphatic rings. The van der Waals surface area contributed by atoms with Gasteiger partial charge < -0.3 is 20.6 Å². The van der Waals surface area contributed by atoms with E-state index >= 15 is 0 Å². The van der Waals surface area contributed by atoms with E-state index in [1.165, 1.54) is 42.1 Å².